The van der Waals surface area contributed by atoms with E-state index in [0.717, 1.165) is 5.69 Å². The molecule has 1 radical (unpaired) electrons. The summed E-state index contributed by atoms with van der Waals surface area (Å²) >= 11 is 1.52. The lowest BCUT2D eigenvalue weighted by atomic mass is 9.92. The molecular formula is C14H16NS. The van der Waals surface area contributed by atoms with Gasteiger partial charge in [-0.05, 0) is 36.5 Å². The summed E-state index contributed by atoms with van der Waals surface area (Å²) in [5, 5.41) is 2.04. The van der Waals surface area contributed by atoms with Gasteiger partial charge in [0.25, 0.3) is 0 Å². The van der Waals surface area contributed by atoms with Crippen LogP contribution in [0.4, 0.5) is 0 Å². The Bertz CT molecular complexity index is 460. The molecule has 1 aromatic carbocycles. The summed E-state index contributed by atoms with van der Waals surface area (Å²) in [6.45, 7) is 6.69. The molecule has 0 amide bonds. The van der Waals surface area contributed by atoms with Gasteiger partial charge in [0.05, 0.1) is 5.69 Å². The van der Waals surface area contributed by atoms with Crippen molar-refractivity contribution in [2.45, 2.75) is 33.1 Å². The first kappa shape index (κ1) is 11.3. The smallest absolute Gasteiger partial charge is 0.152 e. The second-order valence-corrected chi connectivity index (χ2v) is 4.86. The number of thiazole rings is 1. The molecule has 0 spiro atoms. The number of rotatable bonds is 3. The van der Waals surface area contributed by atoms with Crippen molar-refractivity contribution < 1.29 is 0 Å². The average molecular weight is 230 g/mol. The maximum absolute atomic E-state index is 4.22. The van der Waals surface area contributed by atoms with Crippen LogP contribution >= 0.6 is 11.3 Å². The first-order chi connectivity index (χ1) is 7.72. The quantitative estimate of drug-likeness (QED) is 0.760. The van der Waals surface area contributed by atoms with Gasteiger partial charge in [0.2, 0.25) is 0 Å². The van der Waals surface area contributed by atoms with Gasteiger partial charge in [0, 0.05) is 10.9 Å². The molecule has 0 N–H and O–H groups in total. The molecule has 0 saturated carbocycles. The summed E-state index contributed by atoms with van der Waals surface area (Å²) in [6.07, 6.45) is 1.19. The molecule has 1 heterocycles. The molecular weight excluding hydrogens is 214 g/mol. The highest BCUT2D eigenvalue weighted by atomic mass is 32.1. The normalized spacial score (nSPS) is 12.7. The van der Waals surface area contributed by atoms with Crippen LogP contribution in [-0.4, -0.2) is 4.98 Å². The van der Waals surface area contributed by atoms with E-state index in [1.165, 1.54) is 34.4 Å². The standard InChI is InChI=1S/C14H16NS/c1-4-10(2)13-6-5-12(7-11(13)3)14-8-16-9-15-14/h5-8,10H,4H2,1-3H3. The Morgan fingerprint density at radius 1 is 1.44 bits per heavy atom. The molecule has 0 aliphatic heterocycles. The van der Waals surface area contributed by atoms with E-state index in [9.17, 15) is 0 Å². The van der Waals surface area contributed by atoms with Crippen LogP contribution in [0.5, 0.6) is 0 Å². The third-order valence-electron chi connectivity index (χ3n) is 3.10. The lowest BCUT2D eigenvalue weighted by Crippen LogP contribution is -1.95. The highest BCUT2D eigenvalue weighted by molar-refractivity contribution is 7.07. The van der Waals surface area contributed by atoms with E-state index in [1.54, 1.807) is 0 Å². The molecule has 16 heavy (non-hydrogen) atoms. The monoisotopic (exact) mass is 230 g/mol. The van der Waals surface area contributed by atoms with Gasteiger partial charge in [-0.1, -0.05) is 26.0 Å². The highest BCUT2D eigenvalue weighted by Crippen LogP contribution is 2.27. The topological polar surface area (TPSA) is 12.9 Å². The third kappa shape index (κ3) is 2.17. The second-order valence-electron chi connectivity index (χ2n) is 4.20. The van der Waals surface area contributed by atoms with Gasteiger partial charge in [0.1, 0.15) is 0 Å². The van der Waals surface area contributed by atoms with Crippen LogP contribution in [0.15, 0.2) is 23.6 Å². The minimum atomic E-state index is 0.635. The molecule has 2 aromatic rings. The third-order valence-corrected chi connectivity index (χ3v) is 3.64. The Hall–Kier alpha value is -1.15. The maximum Gasteiger partial charge on any atom is 0.152 e. The highest BCUT2D eigenvalue weighted by Gasteiger charge is 2.08. The van der Waals surface area contributed by atoms with Crippen molar-refractivity contribution in [1.29, 1.82) is 0 Å². The van der Waals surface area contributed by atoms with Gasteiger partial charge in [-0.3, -0.25) is 0 Å². The van der Waals surface area contributed by atoms with E-state index in [-0.39, 0.29) is 0 Å². The summed E-state index contributed by atoms with van der Waals surface area (Å²) < 4.78 is 0. The Morgan fingerprint density at radius 2 is 2.25 bits per heavy atom. The zero-order valence-corrected chi connectivity index (χ0v) is 10.8. The molecule has 0 saturated heterocycles. The average Bonchev–Trinajstić information content (AvgIpc) is 2.81. The van der Waals surface area contributed by atoms with Gasteiger partial charge in [-0.2, -0.15) is 0 Å². The fourth-order valence-electron chi connectivity index (χ4n) is 1.92. The van der Waals surface area contributed by atoms with Crippen LogP contribution in [0, 0.1) is 12.4 Å². The zero-order valence-electron chi connectivity index (χ0n) is 9.95. The van der Waals surface area contributed by atoms with Gasteiger partial charge >= 0.3 is 0 Å². The number of hydrogen-bond donors (Lipinski definition) is 0. The van der Waals surface area contributed by atoms with Gasteiger partial charge in [-0.15, -0.1) is 11.3 Å². The minimum absolute atomic E-state index is 0.635. The number of aryl methyl sites for hydroxylation is 1. The van der Waals surface area contributed by atoms with E-state index < -0.39 is 0 Å². The minimum Gasteiger partial charge on any atom is -0.233 e. The Kier molecular flexibility index (Phi) is 3.39. The molecule has 83 valence electrons. The predicted molar refractivity (Wildman–Crippen MR) is 69.8 cm³/mol. The lowest BCUT2D eigenvalue weighted by Gasteiger charge is -2.13. The molecule has 0 fully saturated rings. The van der Waals surface area contributed by atoms with Crippen LogP contribution in [0.2, 0.25) is 0 Å². The molecule has 2 rings (SSSR count). The Morgan fingerprint density at radius 3 is 2.81 bits per heavy atom. The van der Waals surface area contributed by atoms with Crippen molar-refractivity contribution >= 4 is 11.3 Å². The van der Waals surface area contributed by atoms with E-state index in [1.807, 2.05) is 5.38 Å². The fourth-order valence-corrected chi connectivity index (χ4v) is 2.43. The maximum atomic E-state index is 4.22. The van der Waals surface area contributed by atoms with Crippen molar-refractivity contribution in [3.63, 3.8) is 0 Å². The van der Waals surface area contributed by atoms with Crippen molar-refractivity contribution in [2.75, 3.05) is 0 Å². The first-order valence-corrected chi connectivity index (χ1v) is 6.52. The number of aromatic nitrogens is 1. The predicted octanol–water partition coefficient (Wildman–Crippen LogP) is 4.43. The van der Waals surface area contributed by atoms with Crippen molar-refractivity contribution in [3.8, 4) is 11.3 Å². The molecule has 2 heteroatoms. The number of benzene rings is 1. The molecule has 0 aliphatic rings. The van der Waals surface area contributed by atoms with Crippen LogP contribution in [0.3, 0.4) is 0 Å². The molecule has 1 aromatic heterocycles. The summed E-state index contributed by atoms with van der Waals surface area (Å²) in [5.74, 6) is 0.635. The van der Waals surface area contributed by atoms with Gasteiger partial charge in [-0.25, -0.2) is 4.98 Å². The summed E-state index contributed by atoms with van der Waals surface area (Å²) in [5.41, 5.74) is 7.93. The SMILES string of the molecule is CCC(C)c1ccc(-c2cs[c]n2)cc1C. The summed E-state index contributed by atoms with van der Waals surface area (Å²) in [7, 11) is 0. The molecule has 1 atom stereocenters. The van der Waals surface area contributed by atoms with E-state index in [2.05, 4.69) is 49.5 Å². The molecule has 0 bridgehead atoms. The Balaban J connectivity index is 2.37. The lowest BCUT2D eigenvalue weighted by molar-refractivity contribution is 0.728. The van der Waals surface area contributed by atoms with E-state index in [0.29, 0.717) is 5.92 Å². The first-order valence-electron chi connectivity index (χ1n) is 5.65. The second kappa shape index (κ2) is 4.79. The summed E-state index contributed by atoms with van der Waals surface area (Å²) in [6, 6.07) is 6.62. The summed E-state index contributed by atoms with van der Waals surface area (Å²) in [4.78, 5) is 4.22. The molecule has 0 aliphatic carbocycles. The van der Waals surface area contributed by atoms with Gasteiger partial charge in [0.15, 0.2) is 5.51 Å². The van der Waals surface area contributed by atoms with Crippen LogP contribution in [0.25, 0.3) is 11.3 Å². The zero-order chi connectivity index (χ0) is 11.5. The Labute approximate surface area is 101 Å². The van der Waals surface area contributed by atoms with Crippen LogP contribution in [-0.2, 0) is 0 Å². The van der Waals surface area contributed by atoms with Crippen molar-refractivity contribution in [1.82, 2.24) is 4.98 Å². The van der Waals surface area contributed by atoms with Gasteiger partial charge < -0.3 is 0 Å². The van der Waals surface area contributed by atoms with Crippen molar-refractivity contribution in [3.05, 3.63) is 40.2 Å². The van der Waals surface area contributed by atoms with Crippen LogP contribution in [0.1, 0.15) is 37.3 Å². The number of hydrogen-bond acceptors (Lipinski definition) is 2. The number of nitrogens with zero attached hydrogens (tertiary/aromatic N) is 1. The molecule has 1 nitrogen and oxygen atoms in total. The van der Waals surface area contributed by atoms with Crippen LogP contribution < -0.4 is 0 Å². The van der Waals surface area contributed by atoms with Crippen molar-refractivity contribution in [2.24, 2.45) is 0 Å². The largest absolute Gasteiger partial charge is 0.233 e. The van der Waals surface area contributed by atoms with E-state index in [4.69, 9.17) is 0 Å². The molecule has 1 unspecified atom stereocenters. The van der Waals surface area contributed by atoms with E-state index >= 15 is 0 Å². The fraction of sp³-hybridized carbons (Fsp3) is 0.357.